The minimum Gasteiger partial charge on any atom is -0.506 e. The lowest BCUT2D eigenvalue weighted by molar-refractivity contribution is -0.123. The van der Waals surface area contributed by atoms with Gasteiger partial charge in [0.15, 0.2) is 0 Å². The number of phenolic OH excluding ortho intramolecular Hbond substituents is 1. The highest BCUT2D eigenvalue weighted by Crippen LogP contribution is 2.36. The molecule has 0 aliphatic heterocycles. The summed E-state index contributed by atoms with van der Waals surface area (Å²) in [6, 6.07) is 3.55. The van der Waals surface area contributed by atoms with Crippen LogP contribution in [-0.4, -0.2) is 11.0 Å². The van der Waals surface area contributed by atoms with Crippen LogP contribution in [0, 0.1) is 16.7 Å². The molecule has 1 rings (SSSR count). The van der Waals surface area contributed by atoms with E-state index in [4.69, 9.17) is 0 Å². The average Bonchev–Trinajstić information content (AvgIpc) is 2.33. The van der Waals surface area contributed by atoms with Crippen LogP contribution < -0.4 is 5.32 Å². The maximum Gasteiger partial charge on any atom is 0.229 e. The molecule has 1 amide bonds. The minimum absolute atomic E-state index is 0.0545. The van der Waals surface area contributed by atoms with Crippen molar-refractivity contribution in [3.8, 4) is 11.8 Å². The fraction of sp³-hybridized carbons (Fsp3) is 0.333. The Morgan fingerprint density at radius 1 is 1.50 bits per heavy atom. The zero-order valence-corrected chi connectivity index (χ0v) is 13.5. The zero-order chi connectivity index (χ0) is 15.5. The van der Waals surface area contributed by atoms with Crippen LogP contribution in [0.2, 0.25) is 0 Å². The smallest absolute Gasteiger partial charge is 0.229 e. The van der Waals surface area contributed by atoms with Crippen molar-refractivity contribution in [2.45, 2.75) is 27.7 Å². The van der Waals surface area contributed by atoms with E-state index in [1.807, 2.05) is 13.0 Å². The number of benzene rings is 1. The summed E-state index contributed by atoms with van der Waals surface area (Å²) in [5.41, 5.74) is 0.276. The fourth-order valence-corrected chi connectivity index (χ4v) is 2.05. The number of nitrogens with zero attached hydrogens (tertiary/aromatic N) is 1. The highest BCUT2D eigenvalue weighted by atomic mass is 79.9. The van der Waals surface area contributed by atoms with Gasteiger partial charge in [0.1, 0.15) is 17.4 Å². The van der Waals surface area contributed by atoms with E-state index in [0.717, 1.165) is 0 Å². The number of hydrogen-bond acceptors (Lipinski definition) is 3. The molecule has 2 N–H and O–H groups in total. The molecule has 0 saturated heterocycles. The molecule has 0 heterocycles. The van der Waals surface area contributed by atoms with Crippen molar-refractivity contribution < 1.29 is 9.90 Å². The van der Waals surface area contributed by atoms with Crippen molar-refractivity contribution >= 4 is 33.6 Å². The van der Waals surface area contributed by atoms with Crippen molar-refractivity contribution in [1.82, 2.24) is 0 Å². The number of rotatable bonds is 2. The third kappa shape index (κ3) is 3.40. The standard InChI is InChI=1S/C15H17BrN2O2/c1-5-6-9-11(16)7-12(10(8-17)13(9)19)18-14(20)15(2,3)4/h5-7,19H,1-4H3,(H,18,20). The normalized spacial score (nSPS) is 11.4. The summed E-state index contributed by atoms with van der Waals surface area (Å²) >= 11 is 3.33. The number of anilines is 1. The number of carbonyl (C=O) groups is 1. The largest absolute Gasteiger partial charge is 0.506 e. The SMILES string of the molecule is CC=Cc1c(Br)cc(NC(=O)C(C)(C)C)c(C#N)c1O. The third-order valence-corrected chi connectivity index (χ3v) is 3.32. The van der Waals surface area contributed by atoms with Crippen LogP contribution in [0.3, 0.4) is 0 Å². The maximum atomic E-state index is 12.0. The van der Waals surface area contributed by atoms with Gasteiger partial charge in [-0.1, -0.05) is 32.9 Å². The second-order valence-electron chi connectivity index (χ2n) is 5.36. The number of allylic oxidation sites excluding steroid dienone is 1. The van der Waals surface area contributed by atoms with E-state index in [1.165, 1.54) is 0 Å². The number of hydrogen-bond donors (Lipinski definition) is 2. The average molecular weight is 337 g/mol. The molecule has 0 aliphatic carbocycles. The van der Waals surface area contributed by atoms with Crippen molar-refractivity contribution in [1.29, 1.82) is 5.26 Å². The Hall–Kier alpha value is -1.80. The number of nitriles is 1. The molecule has 0 radical (unpaired) electrons. The van der Waals surface area contributed by atoms with Crippen LogP contribution in [0.5, 0.6) is 5.75 Å². The van der Waals surface area contributed by atoms with Crippen LogP contribution in [0.4, 0.5) is 5.69 Å². The van der Waals surface area contributed by atoms with E-state index in [2.05, 4.69) is 21.2 Å². The first-order valence-electron chi connectivity index (χ1n) is 6.12. The van der Waals surface area contributed by atoms with Gasteiger partial charge in [0.05, 0.1) is 5.69 Å². The molecule has 0 bridgehead atoms. The van der Waals surface area contributed by atoms with E-state index in [1.54, 1.807) is 39.0 Å². The topological polar surface area (TPSA) is 73.1 Å². The van der Waals surface area contributed by atoms with E-state index >= 15 is 0 Å². The summed E-state index contributed by atoms with van der Waals surface area (Å²) in [7, 11) is 0. The molecular weight excluding hydrogens is 320 g/mol. The Kier molecular flexibility index (Phi) is 4.96. The van der Waals surface area contributed by atoms with Gasteiger partial charge in [-0.3, -0.25) is 4.79 Å². The van der Waals surface area contributed by atoms with E-state index in [9.17, 15) is 15.2 Å². The third-order valence-electron chi connectivity index (χ3n) is 2.66. The summed E-state index contributed by atoms with van der Waals surface area (Å²) in [5.74, 6) is -0.372. The lowest BCUT2D eigenvalue weighted by Crippen LogP contribution is -2.28. The van der Waals surface area contributed by atoms with E-state index in [-0.39, 0.29) is 17.2 Å². The first-order valence-corrected chi connectivity index (χ1v) is 6.91. The molecule has 0 aliphatic rings. The van der Waals surface area contributed by atoms with Crippen LogP contribution in [0.25, 0.3) is 6.08 Å². The zero-order valence-electron chi connectivity index (χ0n) is 11.9. The summed E-state index contributed by atoms with van der Waals surface area (Å²) in [6.45, 7) is 7.14. The first kappa shape index (κ1) is 16.3. The van der Waals surface area contributed by atoms with Crippen LogP contribution in [0.15, 0.2) is 16.6 Å². The van der Waals surface area contributed by atoms with Crippen molar-refractivity contribution in [2.24, 2.45) is 5.41 Å². The molecule has 1 aromatic carbocycles. The molecule has 1 aromatic rings. The highest BCUT2D eigenvalue weighted by Gasteiger charge is 2.24. The predicted octanol–water partition coefficient (Wildman–Crippen LogP) is 4.04. The Morgan fingerprint density at radius 3 is 2.55 bits per heavy atom. The van der Waals surface area contributed by atoms with Gasteiger partial charge in [-0.05, 0) is 28.9 Å². The van der Waals surface area contributed by atoms with Crippen molar-refractivity contribution in [3.05, 3.63) is 27.7 Å². The number of aromatic hydroxyl groups is 1. The molecule has 0 atom stereocenters. The summed E-state index contributed by atoms with van der Waals surface area (Å²) in [6.07, 6.45) is 3.45. The van der Waals surface area contributed by atoms with E-state index in [0.29, 0.717) is 15.7 Å². The van der Waals surface area contributed by atoms with Gasteiger partial charge >= 0.3 is 0 Å². The Bertz CT molecular complexity index is 608. The predicted molar refractivity (Wildman–Crippen MR) is 83.3 cm³/mol. The Morgan fingerprint density at radius 2 is 2.10 bits per heavy atom. The van der Waals surface area contributed by atoms with Gasteiger partial charge in [0, 0.05) is 15.5 Å². The number of phenols is 1. The van der Waals surface area contributed by atoms with E-state index < -0.39 is 5.41 Å². The van der Waals surface area contributed by atoms with Crippen LogP contribution in [-0.2, 0) is 4.79 Å². The van der Waals surface area contributed by atoms with Crippen molar-refractivity contribution in [3.63, 3.8) is 0 Å². The quantitative estimate of drug-likeness (QED) is 0.855. The van der Waals surface area contributed by atoms with Crippen LogP contribution in [0.1, 0.15) is 38.8 Å². The molecule has 106 valence electrons. The summed E-state index contributed by atoms with van der Waals surface area (Å²) in [5, 5.41) is 22.0. The second-order valence-corrected chi connectivity index (χ2v) is 6.21. The van der Waals surface area contributed by atoms with Gasteiger partial charge in [-0.2, -0.15) is 5.26 Å². The molecule has 20 heavy (non-hydrogen) atoms. The van der Waals surface area contributed by atoms with Gasteiger partial charge in [0.25, 0.3) is 0 Å². The molecule has 5 heteroatoms. The summed E-state index contributed by atoms with van der Waals surface area (Å²) in [4.78, 5) is 12.0. The molecular formula is C15H17BrN2O2. The van der Waals surface area contributed by atoms with Gasteiger partial charge < -0.3 is 10.4 Å². The second kappa shape index (κ2) is 6.10. The fourth-order valence-electron chi connectivity index (χ4n) is 1.50. The Balaban J connectivity index is 3.37. The number of halogens is 1. The minimum atomic E-state index is -0.586. The lowest BCUT2D eigenvalue weighted by Gasteiger charge is -2.19. The summed E-state index contributed by atoms with van der Waals surface area (Å²) < 4.78 is 0.608. The van der Waals surface area contributed by atoms with Gasteiger partial charge in [0.2, 0.25) is 5.91 Å². The van der Waals surface area contributed by atoms with Crippen molar-refractivity contribution in [2.75, 3.05) is 5.32 Å². The highest BCUT2D eigenvalue weighted by molar-refractivity contribution is 9.10. The molecule has 0 saturated carbocycles. The first-order chi connectivity index (χ1) is 9.22. The Labute approximate surface area is 127 Å². The molecule has 0 unspecified atom stereocenters. The molecule has 0 spiro atoms. The molecule has 4 nitrogen and oxygen atoms in total. The maximum absolute atomic E-state index is 12.0. The van der Waals surface area contributed by atoms with Gasteiger partial charge in [-0.25, -0.2) is 0 Å². The number of nitrogens with one attached hydrogen (secondary N) is 1. The lowest BCUT2D eigenvalue weighted by atomic mass is 9.95. The van der Waals surface area contributed by atoms with Gasteiger partial charge in [-0.15, -0.1) is 0 Å². The monoisotopic (exact) mass is 336 g/mol. The number of carbonyl (C=O) groups excluding carboxylic acids is 1. The van der Waals surface area contributed by atoms with Crippen LogP contribution >= 0.6 is 15.9 Å². The molecule has 0 fully saturated rings. The number of amides is 1. The molecule has 0 aromatic heterocycles.